The smallest absolute Gasteiger partial charge is 0.231 e. The number of benzene rings is 1. The lowest BCUT2D eigenvalue weighted by Crippen LogP contribution is -1.93. The lowest BCUT2D eigenvalue weighted by molar-refractivity contribution is 0.332. The highest BCUT2D eigenvalue weighted by molar-refractivity contribution is 5.60. The fourth-order valence-electron chi connectivity index (χ4n) is 1.12. The molecule has 14 heavy (non-hydrogen) atoms. The van der Waals surface area contributed by atoms with Crippen LogP contribution in [0.25, 0.3) is 4.85 Å². The van der Waals surface area contributed by atoms with Crippen molar-refractivity contribution in [2.24, 2.45) is 0 Å². The largest absolute Gasteiger partial charge is 0.505 e. The molecule has 1 aromatic carbocycles. The van der Waals surface area contributed by atoms with Gasteiger partial charge in [0, 0.05) is 0 Å². The van der Waals surface area contributed by atoms with Gasteiger partial charge >= 0.3 is 0 Å². The van der Waals surface area contributed by atoms with Crippen LogP contribution in [0.3, 0.4) is 0 Å². The molecule has 0 aliphatic carbocycles. The van der Waals surface area contributed by atoms with Gasteiger partial charge in [-0.05, 0) is 32.0 Å². The molecule has 0 aliphatic heterocycles. The van der Waals surface area contributed by atoms with Crippen molar-refractivity contribution in [3.63, 3.8) is 0 Å². The van der Waals surface area contributed by atoms with Gasteiger partial charge in [0.25, 0.3) is 0 Å². The third-order valence-corrected chi connectivity index (χ3v) is 1.66. The normalized spacial score (nSPS) is 9.21. The Morgan fingerprint density at radius 1 is 1.21 bits per heavy atom. The molecule has 0 unspecified atom stereocenters. The summed E-state index contributed by atoms with van der Waals surface area (Å²) in [6.07, 6.45) is 0. The van der Waals surface area contributed by atoms with E-state index in [9.17, 15) is 0 Å². The van der Waals surface area contributed by atoms with Gasteiger partial charge in [0.2, 0.25) is 5.69 Å². The number of rotatable bonds is 4. The summed E-state index contributed by atoms with van der Waals surface area (Å²) in [4.78, 5) is 3.38. The fraction of sp³-hybridized carbons (Fsp3) is 0.364. The molecule has 0 atom stereocenters. The quantitative estimate of drug-likeness (QED) is 0.683. The Kier molecular flexibility index (Phi) is 3.81. The van der Waals surface area contributed by atoms with Crippen molar-refractivity contribution >= 4 is 5.69 Å². The van der Waals surface area contributed by atoms with Crippen molar-refractivity contribution < 1.29 is 9.47 Å². The predicted molar refractivity (Wildman–Crippen MR) is 55.0 cm³/mol. The summed E-state index contributed by atoms with van der Waals surface area (Å²) in [5.74, 6) is 1.33. The zero-order valence-corrected chi connectivity index (χ0v) is 8.41. The highest BCUT2D eigenvalue weighted by atomic mass is 16.5. The molecule has 3 heteroatoms. The summed E-state index contributed by atoms with van der Waals surface area (Å²) in [5.41, 5.74) is 0.498. The van der Waals surface area contributed by atoms with Gasteiger partial charge in [-0.2, -0.15) is 0 Å². The van der Waals surface area contributed by atoms with Crippen LogP contribution < -0.4 is 9.47 Å². The van der Waals surface area contributed by atoms with Crippen molar-refractivity contribution in [3.8, 4) is 11.5 Å². The average molecular weight is 191 g/mol. The van der Waals surface area contributed by atoms with E-state index in [2.05, 4.69) is 4.85 Å². The first-order valence-corrected chi connectivity index (χ1v) is 4.59. The van der Waals surface area contributed by atoms with E-state index in [0.717, 1.165) is 0 Å². The van der Waals surface area contributed by atoms with Gasteiger partial charge in [-0.3, -0.25) is 0 Å². The average Bonchev–Trinajstić information content (AvgIpc) is 2.21. The third-order valence-electron chi connectivity index (χ3n) is 1.66. The molecule has 0 heterocycles. The molecule has 0 amide bonds. The second-order valence-electron chi connectivity index (χ2n) is 2.61. The maximum absolute atomic E-state index is 6.98. The van der Waals surface area contributed by atoms with E-state index in [-0.39, 0.29) is 0 Å². The van der Waals surface area contributed by atoms with Crippen LogP contribution in [-0.4, -0.2) is 13.2 Å². The van der Waals surface area contributed by atoms with E-state index in [1.54, 1.807) is 12.1 Å². The molecule has 1 aromatic rings. The molecule has 0 aromatic heterocycles. The van der Waals surface area contributed by atoms with Crippen LogP contribution in [0.1, 0.15) is 13.8 Å². The molecule has 0 fully saturated rings. The maximum Gasteiger partial charge on any atom is 0.231 e. The number of hydrogen-bond acceptors (Lipinski definition) is 2. The molecule has 0 aliphatic rings. The first-order chi connectivity index (χ1) is 6.81. The SMILES string of the molecule is [C-]#[N+]c1cc(OCC)ccc1OCC. The Labute approximate surface area is 84.1 Å². The Morgan fingerprint density at radius 3 is 2.50 bits per heavy atom. The molecule has 1 rings (SSSR count). The standard InChI is InChI=1S/C11H13NO2/c1-4-13-9-6-7-11(14-5-2)10(8-9)12-3/h6-8H,4-5H2,1-2H3. The topological polar surface area (TPSA) is 22.8 Å². The van der Waals surface area contributed by atoms with E-state index in [0.29, 0.717) is 30.4 Å². The minimum atomic E-state index is 0.498. The number of ether oxygens (including phenoxy) is 2. The Hall–Kier alpha value is -1.69. The van der Waals surface area contributed by atoms with Gasteiger partial charge in [-0.1, -0.05) is 0 Å². The first kappa shape index (κ1) is 10.4. The van der Waals surface area contributed by atoms with Gasteiger partial charge in [-0.25, -0.2) is 4.85 Å². The van der Waals surface area contributed by atoms with Crippen LogP contribution in [0.4, 0.5) is 5.69 Å². The van der Waals surface area contributed by atoms with Gasteiger partial charge in [0.05, 0.1) is 19.8 Å². The molecule has 0 saturated heterocycles. The highest BCUT2D eigenvalue weighted by Crippen LogP contribution is 2.31. The summed E-state index contributed by atoms with van der Waals surface area (Å²) in [6, 6.07) is 5.27. The van der Waals surface area contributed by atoms with E-state index >= 15 is 0 Å². The van der Waals surface area contributed by atoms with Gasteiger partial charge in [0.1, 0.15) is 11.5 Å². The van der Waals surface area contributed by atoms with Crippen LogP contribution >= 0.6 is 0 Å². The van der Waals surface area contributed by atoms with E-state index < -0.39 is 0 Å². The molecular formula is C11H13NO2. The third kappa shape index (κ3) is 2.40. The Morgan fingerprint density at radius 2 is 1.93 bits per heavy atom. The summed E-state index contributed by atoms with van der Waals surface area (Å²) in [7, 11) is 0. The van der Waals surface area contributed by atoms with Crippen molar-refractivity contribution in [3.05, 3.63) is 29.6 Å². The molecule has 0 saturated carbocycles. The molecule has 0 bridgehead atoms. The van der Waals surface area contributed by atoms with E-state index in [4.69, 9.17) is 16.0 Å². The van der Waals surface area contributed by atoms with Crippen LogP contribution in [0.2, 0.25) is 0 Å². The molecule has 0 radical (unpaired) electrons. The van der Waals surface area contributed by atoms with Crippen molar-refractivity contribution in [2.75, 3.05) is 13.2 Å². The van der Waals surface area contributed by atoms with Crippen molar-refractivity contribution in [1.29, 1.82) is 0 Å². The molecule has 0 N–H and O–H groups in total. The Bertz CT molecular complexity index is 342. The highest BCUT2D eigenvalue weighted by Gasteiger charge is 2.04. The first-order valence-electron chi connectivity index (χ1n) is 4.59. The monoisotopic (exact) mass is 191 g/mol. The van der Waals surface area contributed by atoms with Gasteiger partial charge in [-0.15, -0.1) is 0 Å². The molecule has 3 nitrogen and oxygen atoms in total. The minimum Gasteiger partial charge on any atom is -0.505 e. The van der Waals surface area contributed by atoms with E-state index in [1.807, 2.05) is 19.9 Å². The summed E-state index contributed by atoms with van der Waals surface area (Å²) in [5, 5.41) is 0. The van der Waals surface area contributed by atoms with Gasteiger partial charge < -0.3 is 9.47 Å². The van der Waals surface area contributed by atoms with Crippen molar-refractivity contribution in [1.82, 2.24) is 0 Å². The predicted octanol–water partition coefficient (Wildman–Crippen LogP) is 3.03. The van der Waals surface area contributed by atoms with Crippen LogP contribution in [0.15, 0.2) is 18.2 Å². The second kappa shape index (κ2) is 5.13. The lowest BCUT2D eigenvalue weighted by Gasteiger charge is -2.07. The van der Waals surface area contributed by atoms with Gasteiger partial charge in [0.15, 0.2) is 0 Å². The maximum atomic E-state index is 6.98. The zero-order valence-electron chi connectivity index (χ0n) is 8.41. The van der Waals surface area contributed by atoms with Crippen LogP contribution in [0, 0.1) is 6.57 Å². The molecule has 74 valence electrons. The molecular weight excluding hydrogens is 178 g/mol. The number of hydrogen-bond donors (Lipinski definition) is 0. The van der Waals surface area contributed by atoms with E-state index in [1.165, 1.54) is 0 Å². The van der Waals surface area contributed by atoms with Crippen LogP contribution in [-0.2, 0) is 0 Å². The minimum absolute atomic E-state index is 0.498. The zero-order chi connectivity index (χ0) is 10.4. The second-order valence-corrected chi connectivity index (χ2v) is 2.61. The fourth-order valence-corrected chi connectivity index (χ4v) is 1.12. The van der Waals surface area contributed by atoms with Crippen LogP contribution in [0.5, 0.6) is 11.5 Å². The summed E-state index contributed by atoms with van der Waals surface area (Å²) >= 11 is 0. The summed E-state index contributed by atoms with van der Waals surface area (Å²) < 4.78 is 10.6. The number of nitrogens with zero attached hydrogens (tertiary/aromatic N) is 1. The Balaban J connectivity index is 2.94. The molecule has 0 spiro atoms. The lowest BCUT2D eigenvalue weighted by atomic mass is 10.3. The van der Waals surface area contributed by atoms with Crippen molar-refractivity contribution in [2.45, 2.75) is 13.8 Å². The summed E-state index contributed by atoms with van der Waals surface area (Å²) in [6.45, 7) is 12.0.